The highest BCUT2D eigenvalue weighted by molar-refractivity contribution is 5.95. The van der Waals surface area contributed by atoms with Crippen molar-refractivity contribution in [1.82, 2.24) is 5.32 Å². The molecule has 1 aromatic carbocycles. The van der Waals surface area contributed by atoms with Crippen LogP contribution in [0, 0.1) is 23.0 Å². The van der Waals surface area contributed by atoms with E-state index in [2.05, 4.69) is 12.2 Å². The van der Waals surface area contributed by atoms with Crippen LogP contribution < -0.4 is 5.32 Å². The van der Waals surface area contributed by atoms with Gasteiger partial charge in [0.2, 0.25) is 0 Å². The van der Waals surface area contributed by atoms with E-state index in [1.807, 2.05) is 0 Å². The summed E-state index contributed by atoms with van der Waals surface area (Å²) in [7, 11) is 0. The van der Waals surface area contributed by atoms with Gasteiger partial charge in [-0.1, -0.05) is 31.9 Å². The summed E-state index contributed by atoms with van der Waals surface area (Å²) in [6, 6.07) is 4.52. The van der Waals surface area contributed by atoms with Crippen LogP contribution in [0.4, 0.5) is 5.69 Å². The SMILES string of the molecule is Cc1cccc(C(=O)OCC(=O)N[C@H]2CCCC[C@H]2C)c1[N+](=O)[O-]. The standard InChI is InChI=1S/C17H22N2O5/c1-11-6-3-4-9-14(11)18-15(20)10-24-17(21)13-8-5-7-12(2)16(13)19(22)23/h5,7-8,11,14H,3-4,6,9-10H2,1-2H3,(H,18,20)/t11-,14+/m1/s1. The van der Waals surface area contributed by atoms with E-state index in [0.717, 1.165) is 19.3 Å². The third-order valence-corrected chi connectivity index (χ3v) is 4.43. The van der Waals surface area contributed by atoms with Gasteiger partial charge < -0.3 is 10.1 Å². The summed E-state index contributed by atoms with van der Waals surface area (Å²) >= 11 is 0. The van der Waals surface area contributed by atoms with Crippen molar-refractivity contribution in [2.24, 2.45) is 5.92 Å². The molecule has 0 spiro atoms. The van der Waals surface area contributed by atoms with Crippen molar-refractivity contribution < 1.29 is 19.2 Å². The van der Waals surface area contributed by atoms with E-state index < -0.39 is 17.5 Å². The monoisotopic (exact) mass is 334 g/mol. The molecule has 24 heavy (non-hydrogen) atoms. The van der Waals surface area contributed by atoms with Crippen LogP contribution in [-0.4, -0.2) is 29.4 Å². The molecule has 1 aliphatic carbocycles. The van der Waals surface area contributed by atoms with Gasteiger partial charge in [0.1, 0.15) is 5.56 Å². The van der Waals surface area contributed by atoms with Gasteiger partial charge in [-0.05, 0) is 31.7 Å². The van der Waals surface area contributed by atoms with Crippen molar-refractivity contribution in [1.29, 1.82) is 0 Å². The maximum Gasteiger partial charge on any atom is 0.345 e. The second-order valence-electron chi connectivity index (χ2n) is 6.24. The molecule has 1 amide bonds. The zero-order valence-corrected chi connectivity index (χ0v) is 13.9. The Hall–Kier alpha value is -2.44. The van der Waals surface area contributed by atoms with Gasteiger partial charge in [0.05, 0.1) is 4.92 Å². The van der Waals surface area contributed by atoms with Crippen molar-refractivity contribution >= 4 is 17.6 Å². The van der Waals surface area contributed by atoms with Crippen molar-refractivity contribution in [3.63, 3.8) is 0 Å². The van der Waals surface area contributed by atoms with Crippen LogP contribution in [0.5, 0.6) is 0 Å². The Labute approximate surface area is 140 Å². The molecule has 0 unspecified atom stereocenters. The Kier molecular flexibility index (Phi) is 5.89. The first-order valence-electron chi connectivity index (χ1n) is 8.10. The number of para-hydroxylation sites is 1. The number of carbonyl (C=O) groups is 2. The molecule has 2 atom stereocenters. The summed E-state index contributed by atoms with van der Waals surface area (Å²) < 4.78 is 4.96. The first-order chi connectivity index (χ1) is 11.4. The molecule has 130 valence electrons. The summed E-state index contributed by atoms with van der Waals surface area (Å²) in [6.07, 6.45) is 4.23. The average molecular weight is 334 g/mol. The third-order valence-electron chi connectivity index (χ3n) is 4.43. The maximum absolute atomic E-state index is 12.1. The van der Waals surface area contributed by atoms with E-state index in [4.69, 9.17) is 4.74 Å². The quantitative estimate of drug-likeness (QED) is 0.507. The minimum absolute atomic E-state index is 0.0956. The minimum atomic E-state index is -0.864. The van der Waals surface area contributed by atoms with E-state index >= 15 is 0 Å². The topological polar surface area (TPSA) is 98.5 Å². The zero-order valence-electron chi connectivity index (χ0n) is 13.9. The number of esters is 1. The van der Waals surface area contributed by atoms with E-state index in [1.54, 1.807) is 19.1 Å². The van der Waals surface area contributed by atoms with Gasteiger partial charge in [0.15, 0.2) is 6.61 Å². The van der Waals surface area contributed by atoms with Crippen LogP contribution in [0.15, 0.2) is 18.2 Å². The summed E-state index contributed by atoms with van der Waals surface area (Å²) in [6.45, 7) is 3.20. The van der Waals surface area contributed by atoms with Crippen LogP contribution >= 0.6 is 0 Å². The van der Waals surface area contributed by atoms with E-state index in [1.165, 1.54) is 12.5 Å². The normalized spacial score (nSPS) is 20.2. The van der Waals surface area contributed by atoms with Crippen LogP contribution in [0.3, 0.4) is 0 Å². The molecular weight excluding hydrogens is 312 g/mol. The molecule has 0 aromatic heterocycles. The van der Waals surface area contributed by atoms with Gasteiger partial charge in [0.25, 0.3) is 11.6 Å². The van der Waals surface area contributed by atoms with Crippen LogP contribution in [0.1, 0.15) is 48.5 Å². The van der Waals surface area contributed by atoms with Crippen molar-refractivity contribution in [3.8, 4) is 0 Å². The molecule has 0 bridgehead atoms. The molecule has 1 aromatic rings. The maximum atomic E-state index is 12.1. The molecular formula is C17H22N2O5. The smallest absolute Gasteiger partial charge is 0.345 e. The van der Waals surface area contributed by atoms with Crippen molar-refractivity contribution in [2.75, 3.05) is 6.61 Å². The first kappa shape index (κ1) is 17.9. The third kappa shape index (κ3) is 4.31. The Balaban J connectivity index is 1.95. The average Bonchev–Trinajstić information content (AvgIpc) is 2.54. The number of rotatable bonds is 5. The lowest BCUT2D eigenvalue weighted by atomic mass is 9.86. The fourth-order valence-electron chi connectivity index (χ4n) is 3.05. The van der Waals surface area contributed by atoms with E-state index in [-0.39, 0.29) is 23.2 Å². The number of hydrogen-bond donors (Lipinski definition) is 1. The minimum Gasteiger partial charge on any atom is -0.452 e. The van der Waals surface area contributed by atoms with Crippen LogP contribution in [-0.2, 0) is 9.53 Å². The highest BCUT2D eigenvalue weighted by atomic mass is 16.6. The highest BCUT2D eigenvalue weighted by Gasteiger charge is 2.26. The summed E-state index contributed by atoms with van der Waals surface area (Å²) in [5, 5.41) is 14.0. The Bertz CT molecular complexity index is 644. The van der Waals surface area contributed by atoms with E-state index in [9.17, 15) is 19.7 Å². The van der Waals surface area contributed by atoms with Crippen LogP contribution in [0.25, 0.3) is 0 Å². The lowest BCUT2D eigenvalue weighted by molar-refractivity contribution is -0.385. The molecule has 0 saturated heterocycles. The van der Waals surface area contributed by atoms with Gasteiger partial charge in [-0.3, -0.25) is 14.9 Å². The second kappa shape index (κ2) is 7.90. The van der Waals surface area contributed by atoms with Gasteiger partial charge in [-0.25, -0.2) is 4.79 Å². The molecule has 0 heterocycles. The Morgan fingerprint density at radius 3 is 2.71 bits per heavy atom. The number of amides is 1. The first-order valence-corrected chi connectivity index (χ1v) is 8.10. The van der Waals surface area contributed by atoms with Gasteiger partial charge in [0, 0.05) is 11.6 Å². The number of nitro groups is 1. The Morgan fingerprint density at radius 2 is 2.04 bits per heavy atom. The van der Waals surface area contributed by atoms with Crippen LogP contribution in [0.2, 0.25) is 0 Å². The fraction of sp³-hybridized carbons (Fsp3) is 0.529. The summed E-state index contributed by atoms with van der Waals surface area (Å²) in [4.78, 5) is 34.5. The number of carbonyl (C=O) groups excluding carboxylic acids is 2. The predicted molar refractivity (Wildman–Crippen MR) is 87.7 cm³/mol. The number of ether oxygens (including phenoxy) is 1. The molecule has 1 aliphatic rings. The van der Waals surface area contributed by atoms with Gasteiger partial charge in [-0.15, -0.1) is 0 Å². The molecule has 7 nitrogen and oxygen atoms in total. The highest BCUT2D eigenvalue weighted by Crippen LogP contribution is 2.24. The largest absolute Gasteiger partial charge is 0.452 e. The zero-order chi connectivity index (χ0) is 17.7. The molecule has 1 N–H and O–H groups in total. The number of hydrogen-bond acceptors (Lipinski definition) is 5. The molecule has 2 rings (SSSR count). The Morgan fingerprint density at radius 1 is 1.33 bits per heavy atom. The molecule has 0 radical (unpaired) electrons. The number of nitrogens with zero attached hydrogens (tertiary/aromatic N) is 1. The predicted octanol–water partition coefficient (Wildman–Crippen LogP) is 2.75. The summed E-state index contributed by atoms with van der Waals surface area (Å²) in [5.41, 5.74) is -0.0578. The molecule has 7 heteroatoms. The number of benzene rings is 1. The fourth-order valence-corrected chi connectivity index (χ4v) is 3.05. The molecule has 0 aliphatic heterocycles. The molecule has 1 saturated carbocycles. The van der Waals surface area contributed by atoms with Gasteiger partial charge in [-0.2, -0.15) is 0 Å². The number of nitro benzene ring substituents is 1. The molecule has 1 fully saturated rings. The van der Waals surface area contributed by atoms with E-state index in [0.29, 0.717) is 11.5 Å². The second-order valence-corrected chi connectivity index (χ2v) is 6.24. The van der Waals surface area contributed by atoms with Crippen molar-refractivity contribution in [2.45, 2.75) is 45.6 Å². The van der Waals surface area contributed by atoms with Crippen molar-refractivity contribution in [3.05, 3.63) is 39.4 Å². The lowest BCUT2D eigenvalue weighted by Gasteiger charge is -2.29. The number of nitrogens with one attached hydrogen (secondary N) is 1. The number of aryl methyl sites for hydroxylation is 1. The summed E-state index contributed by atoms with van der Waals surface area (Å²) in [5.74, 6) is -0.842. The van der Waals surface area contributed by atoms with Gasteiger partial charge >= 0.3 is 5.97 Å². The lowest BCUT2D eigenvalue weighted by Crippen LogP contribution is -2.42.